The third kappa shape index (κ3) is 5.85. The van der Waals surface area contributed by atoms with E-state index < -0.39 is 6.04 Å². The molecule has 3 aromatic rings. The molecule has 3 rings (SSSR count). The largest absolute Gasteiger partial charge is 0.497 e. The van der Waals surface area contributed by atoms with Gasteiger partial charge in [-0.1, -0.05) is 18.2 Å². The molecule has 1 atom stereocenters. The summed E-state index contributed by atoms with van der Waals surface area (Å²) in [6.45, 7) is 1.75. The number of hydrogen-bond acceptors (Lipinski definition) is 6. The Kier molecular flexibility index (Phi) is 7.96. The first kappa shape index (κ1) is 23.7. The average molecular weight is 452 g/mol. The molecule has 0 aliphatic heterocycles. The van der Waals surface area contributed by atoms with Gasteiger partial charge in [0, 0.05) is 25.5 Å². The van der Waals surface area contributed by atoms with E-state index in [0.29, 0.717) is 28.8 Å². The summed E-state index contributed by atoms with van der Waals surface area (Å²) in [5.41, 5.74) is 1.75. The van der Waals surface area contributed by atoms with E-state index in [1.807, 2.05) is 61.2 Å². The van der Waals surface area contributed by atoms with Crippen LogP contribution >= 0.6 is 0 Å². The number of aromatic nitrogens is 2. The molecule has 1 N–H and O–H groups in total. The molecule has 1 heterocycles. The molecular formula is C25H29N3O5. The summed E-state index contributed by atoms with van der Waals surface area (Å²) in [6.07, 6.45) is 7.39. The van der Waals surface area contributed by atoms with E-state index in [1.165, 1.54) is 0 Å². The lowest BCUT2D eigenvalue weighted by Crippen LogP contribution is -2.34. The van der Waals surface area contributed by atoms with Crippen LogP contribution < -0.4 is 24.3 Å². The molecule has 0 saturated heterocycles. The third-order valence-corrected chi connectivity index (χ3v) is 5.03. The number of nitrogens with one attached hydrogen (secondary N) is 1. The Labute approximate surface area is 193 Å². The standard InChI is InChI=1S/C25H29N3O5/c1-6-7-17-8-9-21(22(12-17)32-5)33-16-23(29)27-24(25-26-10-11-28(25)2)18-13-19(30-3)15-20(14-18)31-4/h6-15,24H,16H2,1-5H3,(H,27,29)/b7-6+. The van der Waals surface area contributed by atoms with Crippen molar-refractivity contribution >= 4 is 12.0 Å². The fourth-order valence-corrected chi connectivity index (χ4v) is 3.39. The molecule has 1 unspecified atom stereocenters. The number of nitrogens with zero attached hydrogens (tertiary/aromatic N) is 2. The first-order valence-corrected chi connectivity index (χ1v) is 10.4. The zero-order chi connectivity index (χ0) is 23.8. The first-order chi connectivity index (χ1) is 16.0. The summed E-state index contributed by atoms with van der Waals surface area (Å²) in [6, 6.07) is 10.4. The predicted octanol–water partition coefficient (Wildman–Crippen LogP) is 3.76. The molecule has 1 amide bonds. The van der Waals surface area contributed by atoms with Crippen LogP contribution in [0.4, 0.5) is 0 Å². The molecule has 0 spiro atoms. The minimum Gasteiger partial charge on any atom is -0.497 e. The highest BCUT2D eigenvalue weighted by Gasteiger charge is 2.23. The lowest BCUT2D eigenvalue weighted by Gasteiger charge is -2.21. The van der Waals surface area contributed by atoms with E-state index in [2.05, 4.69) is 10.3 Å². The van der Waals surface area contributed by atoms with Crippen LogP contribution in [0.2, 0.25) is 0 Å². The Morgan fingerprint density at radius 3 is 2.36 bits per heavy atom. The van der Waals surface area contributed by atoms with Gasteiger partial charge in [-0.25, -0.2) is 4.98 Å². The Hall–Kier alpha value is -3.94. The van der Waals surface area contributed by atoms with Crippen molar-refractivity contribution in [3.63, 3.8) is 0 Å². The SMILES string of the molecule is C/C=C/c1ccc(OCC(=O)NC(c2cc(OC)cc(OC)c2)c2nccn2C)c(OC)c1. The van der Waals surface area contributed by atoms with Crippen molar-refractivity contribution < 1.29 is 23.7 Å². The number of benzene rings is 2. The van der Waals surface area contributed by atoms with Gasteiger partial charge in [0.25, 0.3) is 5.91 Å². The second-order valence-electron chi connectivity index (χ2n) is 7.24. The first-order valence-electron chi connectivity index (χ1n) is 10.4. The number of carbonyl (C=O) groups is 1. The van der Waals surface area contributed by atoms with Crippen LogP contribution in [0.25, 0.3) is 6.08 Å². The van der Waals surface area contributed by atoms with Crippen molar-refractivity contribution in [3.05, 3.63) is 71.8 Å². The van der Waals surface area contributed by atoms with Crippen molar-refractivity contribution in [3.8, 4) is 23.0 Å². The topological polar surface area (TPSA) is 83.8 Å². The van der Waals surface area contributed by atoms with E-state index >= 15 is 0 Å². The second kappa shape index (κ2) is 11.1. The number of rotatable bonds is 10. The van der Waals surface area contributed by atoms with Gasteiger partial charge in [-0.05, 0) is 42.3 Å². The molecule has 2 aromatic carbocycles. The normalized spacial score (nSPS) is 11.8. The van der Waals surface area contributed by atoms with Crippen LogP contribution in [-0.4, -0.2) is 43.4 Å². The highest BCUT2D eigenvalue weighted by Crippen LogP contribution is 2.30. The van der Waals surface area contributed by atoms with Gasteiger partial charge in [0.2, 0.25) is 0 Å². The van der Waals surface area contributed by atoms with Crippen LogP contribution in [-0.2, 0) is 11.8 Å². The number of hydrogen-bond donors (Lipinski definition) is 1. The second-order valence-corrected chi connectivity index (χ2v) is 7.24. The van der Waals surface area contributed by atoms with Crippen molar-refractivity contribution in [2.75, 3.05) is 27.9 Å². The fraction of sp³-hybridized carbons (Fsp3) is 0.280. The Morgan fingerprint density at radius 1 is 1.06 bits per heavy atom. The number of amides is 1. The molecule has 8 heteroatoms. The average Bonchev–Trinajstić information content (AvgIpc) is 3.26. The summed E-state index contributed by atoms with van der Waals surface area (Å²) >= 11 is 0. The van der Waals surface area contributed by atoms with Gasteiger partial charge < -0.3 is 28.8 Å². The number of aryl methyl sites for hydroxylation is 1. The maximum Gasteiger partial charge on any atom is 0.258 e. The van der Waals surface area contributed by atoms with E-state index in [1.54, 1.807) is 39.7 Å². The Morgan fingerprint density at radius 2 is 1.79 bits per heavy atom. The van der Waals surface area contributed by atoms with Crippen molar-refractivity contribution in [1.29, 1.82) is 0 Å². The highest BCUT2D eigenvalue weighted by atomic mass is 16.5. The van der Waals surface area contributed by atoms with Gasteiger partial charge in [-0.15, -0.1) is 0 Å². The number of carbonyl (C=O) groups excluding carboxylic acids is 1. The smallest absolute Gasteiger partial charge is 0.258 e. The van der Waals surface area contributed by atoms with Crippen molar-refractivity contribution in [1.82, 2.24) is 14.9 Å². The molecule has 0 radical (unpaired) electrons. The summed E-state index contributed by atoms with van der Waals surface area (Å²) in [4.78, 5) is 17.3. The van der Waals surface area contributed by atoms with Crippen molar-refractivity contribution in [2.45, 2.75) is 13.0 Å². The van der Waals surface area contributed by atoms with Gasteiger partial charge in [-0.3, -0.25) is 4.79 Å². The van der Waals surface area contributed by atoms with E-state index in [0.717, 1.165) is 11.1 Å². The lowest BCUT2D eigenvalue weighted by molar-refractivity contribution is -0.123. The Balaban J connectivity index is 1.82. The summed E-state index contributed by atoms with van der Waals surface area (Å²) < 4.78 is 23.8. The summed E-state index contributed by atoms with van der Waals surface area (Å²) in [7, 11) is 6.59. The molecule has 0 aliphatic rings. The minimum atomic E-state index is -0.538. The van der Waals surface area contributed by atoms with Gasteiger partial charge >= 0.3 is 0 Å². The molecule has 8 nitrogen and oxygen atoms in total. The highest BCUT2D eigenvalue weighted by molar-refractivity contribution is 5.78. The molecule has 33 heavy (non-hydrogen) atoms. The summed E-state index contributed by atoms with van der Waals surface area (Å²) in [5, 5.41) is 3.01. The predicted molar refractivity (Wildman–Crippen MR) is 126 cm³/mol. The van der Waals surface area contributed by atoms with Gasteiger partial charge in [-0.2, -0.15) is 0 Å². The zero-order valence-electron chi connectivity index (χ0n) is 19.5. The minimum absolute atomic E-state index is 0.193. The lowest BCUT2D eigenvalue weighted by atomic mass is 10.0. The number of allylic oxidation sites excluding steroid dienone is 1. The van der Waals surface area contributed by atoms with E-state index in [-0.39, 0.29) is 12.5 Å². The quantitative estimate of drug-likeness (QED) is 0.505. The van der Waals surface area contributed by atoms with Crippen molar-refractivity contribution in [2.24, 2.45) is 7.05 Å². The van der Waals surface area contributed by atoms with Crippen LogP contribution in [0.15, 0.2) is 54.9 Å². The summed E-state index contributed by atoms with van der Waals surface area (Å²) in [5.74, 6) is 2.60. The molecule has 0 fully saturated rings. The van der Waals surface area contributed by atoms with Gasteiger partial charge in [0.1, 0.15) is 23.4 Å². The fourth-order valence-electron chi connectivity index (χ4n) is 3.39. The molecule has 0 saturated carbocycles. The third-order valence-electron chi connectivity index (χ3n) is 5.03. The van der Waals surface area contributed by atoms with Crippen LogP contribution in [0.3, 0.4) is 0 Å². The van der Waals surface area contributed by atoms with Crippen LogP contribution in [0, 0.1) is 0 Å². The zero-order valence-corrected chi connectivity index (χ0v) is 19.5. The van der Waals surface area contributed by atoms with Gasteiger partial charge in [0.05, 0.1) is 21.3 Å². The number of ether oxygens (including phenoxy) is 4. The Bertz CT molecular complexity index is 1100. The van der Waals surface area contributed by atoms with E-state index in [9.17, 15) is 4.79 Å². The van der Waals surface area contributed by atoms with E-state index in [4.69, 9.17) is 18.9 Å². The maximum absolute atomic E-state index is 12.9. The monoisotopic (exact) mass is 451 g/mol. The number of imidazole rings is 1. The van der Waals surface area contributed by atoms with Gasteiger partial charge in [0.15, 0.2) is 18.1 Å². The van der Waals surface area contributed by atoms with Crippen LogP contribution in [0.1, 0.15) is 29.9 Å². The van der Waals surface area contributed by atoms with Crippen LogP contribution in [0.5, 0.6) is 23.0 Å². The molecule has 0 aliphatic carbocycles. The molecule has 1 aromatic heterocycles. The maximum atomic E-state index is 12.9. The molecule has 0 bridgehead atoms. The number of methoxy groups -OCH3 is 3. The molecule has 174 valence electrons. The molecular weight excluding hydrogens is 422 g/mol.